The highest BCUT2D eigenvalue weighted by atomic mass is 35.5. The predicted molar refractivity (Wildman–Crippen MR) is 71.5 cm³/mol. The first kappa shape index (κ1) is 12.7. The Bertz CT molecular complexity index is 410. The van der Waals surface area contributed by atoms with Crippen LogP contribution in [-0.4, -0.2) is 5.11 Å². The Morgan fingerprint density at radius 3 is 2.41 bits per heavy atom. The summed E-state index contributed by atoms with van der Waals surface area (Å²) in [5.41, 5.74) is 9.14. The normalized spacial score (nSPS) is 19.3. The lowest BCUT2D eigenvalue weighted by molar-refractivity contribution is 0.290. The largest absolute Gasteiger partial charge is 0.506 e. The summed E-state index contributed by atoms with van der Waals surface area (Å²) >= 11 is 6.07. The van der Waals surface area contributed by atoms with Crippen molar-refractivity contribution in [2.45, 2.75) is 51.5 Å². The summed E-state index contributed by atoms with van der Waals surface area (Å²) in [7, 11) is 0. The molecule has 0 radical (unpaired) electrons. The molecule has 0 unspecified atom stereocenters. The molecule has 94 valence electrons. The van der Waals surface area contributed by atoms with Crippen LogP contribution in [0.3, 0.4) is 0 Å². The third-order valence-electron chi connectivity index (χ3n) is 4.02. The van der Waals surface area contributed by atoms with Crippen LogP contribution in [0.2, 0.25) is 5.02 Å². The minimum absolute atomic E-state index is 0.180. The van der Waals surface area contributed by atoms with Crippen LogP contribution in [0.1, 0.15) is 48.8 Å². The molecule has 17 heavy (non-hydrogen) atoms. The van der Waals surface area contributed by atoms with Crippen molar-refractivity contribution in [2.75, 3.05) is 0 Å². The van der Waals surface area contributed by atoms with Crippen molar-refractivity contribution in [3.63, 3.8) is 0 Å². The van der Waals surface area contributed by atoms with Crippen molar-refractivity contribution < 1.29 is 5.11 Å². The average Bonchev–Trinajstić information content (AvgIpc) is 2.27. The fourth-order valence-electron chi connectivity index (χ4n) is 2.90. The Hall–Kier alpha value is -0.730. The number of benzene rings is 1. The molecule has 0 bridgehead atoms. The average molecular weight is 254 g/mol. The molecule has 1 aliphatic rings. The van der Waals surface area contributed by atoms with Crippen LogP contribution < -0.4 is 5.73 Å². The van der Waals surface area contributed by atoms with Gasteiger partial charge in [0.05, 0.1) is 5.02 Å². The fourth-order valence-corrected chi connectivity index (χ4v) is 3.16. The zero-order chi connectivity index (χ0) is 12.6. The second-order valence-electron chi connectivity index (χ2n) is 5.24. The number of aromatic hydroxyl groups is 1. The predicted octanol–water partition coefficient (Wildman–Crippen LogP) is 3.78. The minimum atomic E-state index is -0.401. The Kier molecular flexibility index (Phi) is 3.37. The van der Waals surface area contributed by atoms with Crippen molar-refractivity contribution in [2.24, 2.45) is 5.73 Å². The van der Waals surface area contributed by atoms with Gasteiger partial charge in [0.1, 0.15) is 5.75 Å². The van der Waals surface area contributed by atoms with E-state index in [1.165, 1.54) is 6.42 Å². The molecule has 3 heteroatoms. The molecule has 0 spiro atoms. The first-order valence-electron chi connectivity index (χ1n) is 6.24. The van der Waals surface area contributed by atoms with Crippen LogP contribution in [0, 0.1) is 13.8 Å². The molecule has 1 aliphatic carbocycles. The number of halogens is 1. The van der Waals surface area contributed by atoms with Gasteiger partial charge in [-0.25, -0.2) is 0 Å². The van der Waals surface area contributed by atoms with Crippen molar-refractivity contribution in [3.8, 4) is 5.75 Å². The van der Waals surface area contributed by atoms with Crippen LogP contribution in [0.15, 0.2) is 6.07 Å². The molecule has 0 aromatic heterocycles. The molecule has 1 aromatic carbocycles. The Morgan fingerprint density at radius 2 is 1.82 bits per heavy atom. The van der Waals surface area contributed by atoms with Gasteiger partial charge in [-0.1, -0.05) is 30.9 Å². The fraction of sp³-hybridized carbons (Fsp3) is 0.571. The van der Waals surface area contributed by atoms with Crippen molar-refractivity contribution in [3.05, 3.63) is 27.8 Å². The zero-order valence-corrected chi connectivity index (χ0v) is 11.3. The number of hydrogen-bond donors (Lipinski definition) is 2. The summed E-state index contributed by atoms with van der Waals surface area (Å²) in [4.78, 5) is 0. The van der Waals surface area contributed by atoms with Crippen LogP contribution in [0.4, 0.5) is 0 Å². The topological polar surface area (TPSA) is 46.2 Å². The standard InChI is InChI=1S/C14H20ClNO/c1-9-8-11(15)13(17)12(10(9)2)14(16)6-4-3-5-7-14/h8,17H,3-7,16H2,1-2H3. The molecular formula is C14H20ClNO. The number of phenols is 1. The molecule has 1 aromatic rings. The van der Waals surface area contributed by atoms with E-state index in [1.54, 1.807) is 0 Å². The molecule has 0 atom stereocenters. The Labute approximate surface area is 108 Å². The lowest BCUT2D eigenvalue weighted by Gasteiger charge is -2.36. The van der Waals surface area contributed by atoms with Crippen molar-refractivity contribution in [1.29, 1.82) is 0 Å². The first-order valence-corrected chi connectivity index (χ1v) is 6.61. The molecule has 1 saturated carbocycles. The molecule has 0 heterocycles. The number of nitrogens with two attached hydrogens (primary N) is 1. The van der Waals surface area contributed by atoms with E-state index in [0.717, 1.165) is 42.4 Å². The number of hydrogen-bond acceptors (Lipinski definition) is 2. The van der Waals surface area contributed by atoms with Gasteiger partial charge in [-0.3, -0.25) is 0 Å². The maximum atomic E-state index is 10.2. The van der Waals surface area contributed by atoms with Gasteiger partial charge >= 0.3 is 0 Å². The van der Waals surface area contributed by atoms with E-state index in [9.17, 15) is 5.11 Å². The van der Waals surface area contributed by atoms with Gasteiger partial charge in [-0.05, 0) is 43.9 Å². The monoisotopic (exact) mass is 253 g/mol. The molecule has 2 rings (SSSR count). The van der Waals surface area contributed by atoms with Crippen LogP contribution in [-0.2, 0) is 5.54 Å². The summed E-state index contributed by atoms with van der Waals surface area (Å²) in [6, 6.07) is 1.81. The maximum absolute atomic E-state index is 10.2. The molecule has 3 N–H and O–H groups in total. The molecule has 0 aliphatic heterocycles. The highest BCUT2D eigenvalue weighted by molar-refractivity contribution is 6.32. The molecule has 2 nitrogen and oxygen atoms in total. The molecule has 0 amide bonds. The Morgan fingerprint density at radius 1 is 1.24 bits per heavy atom. The summed E-state index contributed by atoms with van der Waals surface area (Å²) in [6.45, 7) is 4.03. The highest BCUT2D eigenvalue weighted by Gasteiger charge is 2.34. The maximum Gasteiger partial charge on any atom is 0.139 e. The highest BCUT2D eigenvalue weighted by Crippen LogP contribution is 2.44. The number of rotatable bonds is 1. The Balaban J connectivity index is 2.57. The van der Waals surface area contributed by atoms with Crippen molar-refractivity contribution in [1.82, 2.24) is 0 Å². The van der Waals surface area contributed by atoms with Crippen LogP contribution in [0.25, 0.3) is 0 Å². The summed E-state index contributed by atoms with van der Waals surface area (Å²) in [5.74, 6) is 0.180. The van der Waals surface area contributed by atoms with E-state index in [2.05, 4.69) is 0 Å². The van der Waals surface area contributed by atoms with Gasteiger partial charge in [0, 0.05) is 11.1 Å². The second kappa shape index (κ2) is 4.51. The van der Waals surface area contributed by atoms with Crippen LogP contribution in [0.5, 0.6) is 5.75 Å². The van der Waals surface area contributed by atoms with E-state index in [4.69, 9.17) is 17.3 Å². The van der Waals surface area contributed by atoms with E-state index < -0.39 is 5.54 Å². The smallest absolute Gasteiger partial charge is 0.139 e. The van der Waals surface area contributed by atoms with Gasteiger partial charge < -0.3 is 10.8 Å². The molecule has 1 fully saturated rings. The van der Waals surface area contributed by atoms with Crippen molar-refractivity contribution >= 4 is 11.6 Å². The quantitative estimate of drug-likeness (QED) is 0.800. The van der Waals surface area contributed by atoms with Gasteiger partial charge in [0.25, 0.3) is 0 Å². The lowest BCUT2D eigenvalue weighted by atomic mass is 9.75. The van der Waals surface area contributed by atoms with E-state index in [0.29, 0.717) is 5.02 Å². The molecule has 0 saturated heterocycles. The van der Waals surface area contributed by atoms with E-state index in [1.807, 2.05) is 19.9 Å². The van der Waals surface area contributed by atoms with E-state index >= 15 is 0 Å². The summed E-state index contributed by atoms with van der Waals surface area (Å²) < 4.78 is 0. The van der Waals surface area contributed by atoms with E-state index in [-0.39, 0.29) is 5.75 Å². The SMILES string of the molecule is Cc1cc(Cl)c(O)c(C2(N)CCCCC2)c1C. The van der Waals surface area contributed by atoms with Gasteiger partial charge in [-0.15, -0.1) is 0 Å². The van der Waals surface area contributed by atoms with Gasteiger partial charge in [0.15, 0.2) is 0 Å². The lowest BCUT2D eigenvalue weighted by Crippen LogP contribution is -2.39. The third kappa shape index (κ3) is 2.16. The minimum Gasteiger partial charge on any atom is -0.506 e. The second-order valence-corrected chi connectivity index (χ2v) is 5.65. The van der Waals surface area contributed by atoms with Gasteiger partial charge in [0.2, 0.25) is 0 Å². The summed E-state index contributed by atoms with van der Waals surface area (Å²) in [6.07, 6.45) is 5.35. The first-order chi connectivity index (χ1) is 7.96. The van der Waals surface area contributed by atoms with Gasteiger partial charge in [-0.2, -0.15) is 0 Å². The van der Waals surface area contributed by atoms with Crippen LogP contribution >= 0.6 is 11.6 Å². The summed E-state index contributed by atoms with van der Waals surface area (Å²) in [5, 5.41) is 10.6. The molecular weight excluding hydrogens is 234 g/mol. The number of phenolic OH excluding ortho intramolecular Hbond substituents is 1. The zero-order valence-electron chi connectivity index (χ0n) is 10.5. The third-order valence-corrected chi connectivity index (χ3v) is 4.30. The number of aryl methyl sites for hydroxylation is 1.